The minimum atomic E-state index is -1.06. The van der Waals surface area contributed by atoms with Crippen LogP contribution in [-0.4, -0.2) is 24.3 Å². The first kappa shape index (κ1) is 19.1. The van der Waals surface area contributed by atoms with Gasteiger partial charge in [0.1, 0.15) is 17.5 Å². The first-order valence-corrected chi connectivity index (χ1v) is 9.52. The Labute approximate surface area is 166 Å². The van der Waals surface area contributed by atoms with Crippen molar-refractivity contribution in [3.05, 3.63) is 71.1 Å². The number of furan rings is 1. The molecule has 0 bridgehead atoms. The van der Waals surface area contributed by atoms with Gasteiger partial charge in [0.15, 0.2) is 5.78 Å². The van der Waals surface area contributed by atoms with E-state index in [1.807, 2.05) is 0 Å². The van der Waals surface area contributed by atoms with Crippen LogP contribution in [0.15, 0.2) is 58.3 Å². The van der Waals surface area contributed by atoms with E-state index < -0.39 is 29.5 Å². The molecule has 4 rings (SSSR count). The van der Waals surface area contributed by atoms with E-state index in [4.69, 9.17) is 9.15 Å². The molecule has 3 atom stereocenters. The number of amides is 1. The van der Waals surface area contributed by atoms with Crippen molar-refractivity contribution >= 4 is 17.7 Å². The molecule has 0 fully saturated rings. The van der Waals surface area contributed by atoms with E-state index in [-0.39, 0.29) is 31.1 Å². The van der Waals surface area contributed by atoms with Gasteiger partial charge in [-0.1, -0.05) is 12.1 Å². The van der Waals surface area contributed by atoms with Gasteiger partial charge in [0.2, 0.25) is 5.91 Å². The number of ether oxygens (including phenoxy) is 1. The topological polar surface area (TPSA) is 85.6 Å². The highest BCUT2D eigenvalue weighted by atomic mass is 19.1. The second-order valence-corrected chi connectivity index (χ2v) is 7.17. The van der Waals surface area contributed by atoms with E-state index in [0.717, 1.165) is 0 Å². The summed E-state index contributed by atoms with van der Waals surface area (Å²) >= 11 is 0. The number of halogens is 1. The van der Waals surface area contributed by atoms with Crippen molar-refractivity contribution in [2.45, 2.75) is 31.6 Å². The van der Waals surface area contributed by atoms with Crippen LogP contribution in [0, 0.1) is 11.7 Å². The largest absolute Gasteiger partial charge is 0.469 e. The maximum atomic E-state index is 13.5. The molecule has 2 aromatic rings. The van der Waals surface area contributed by atoms with Crippen LogP contribution in [0.4, 0.5) is 4.39 Å². The predicted octanol–water partition coefficient (Wildman–Crippen LogP) is 3.21. The summed E-state index contributed by atoms with van der Waals surface area (Å²) in [6.45, 7) is 1.83. The predicted molar refractivity (Wildman–Crippen MR) is 100 cm³/mol. The number of hydrogen-bond donors (Lipinski definition) is 1. The summed E-state index contributed by atoms with van der Waals surface area (Å²) < 4.78 is 24.0. The molecule has 6 nitrogen and oxygen atoms in total. The van der Waals surface area contributed by atoms with Crippen LogP contribution < -0.4 is 5.32 Å². The van der Waals surface area contributed by atoms with Gasteiger partial charge in [-0.15, -0.1) is 0 Å². The van der Waals surface area contributed by atoms with Crippen LogP contribution >= 0.6 is 0 Å². The van der Waals surface area contributed by atoms with Gasteiger partial charge in [-0.3, -0.25) is 14.4 Å². The van der Waals surface area contributed by atoms with Crippen LogP contribution in [-0.2, 0) is 19.1 Å². The maximum absolute atomic E-state index is 13.5. The molecule has 1 aliphatic carbocycles. The molecule has 1 aromatic heterocycles. The SMILES string of the molecule is CCOC(=O)[C@@H]1C(=O)C2=C(C[C@H]1c1ccco1)NC(=O)C[C@H]2c1ccc(F)cc1. The summed E-state index contributed by atoms with van der Waals surface area (Å²) in [6, 6.07) is 9.11. The number of benzene rings is 1. The number of ketones is 1. The molecule has 7 heteroatoms. The molecule has 1 aromatic carbocycles. The number of nitrogens with one attached hydrogen (secondary N) is 1. The number of carbonyl (C=O) groups excluding carboxylic acids is 3. The van der Waals surface area contributed by atoms with E-state index in [2.05, 4.69) is 5.32 Å². The van der Waals surface area contributed by atoms with E-state index in [0.29, 0.717) is 22.6 Å². The van der Waals surface area contributed by atoms with Crippen molar-refractivity contribution < 1.29 is 27.9 Å². The second kappa shape index (κ2) is 7.66. The number of allylic oxidation sites excluding steroid dienone is 2. The van der Waals surface area contributed by atoms with Crippen LogP contribution in [0.5, 0.6) is 0 Å². The molecule has 0 saturated carbocycles. The highest BCUT2D eigenvalue weighted by Gasteiger charge is 2.48. The monoisotopic (exact) mass is 397 g/mol. The minimum absolute atomic E-state index is 0.0527. The lowest BCUT2D eigenvalue weighted by molar-refractivity contribution is -0.152. The Balaban J connectivity index is 1.80. The van der Waals surface area contributed by atoms with Crippen molar-refractivity contribution in [3.8, 4) is 0 Å². The fourth-order valence-electron chi connectivity index (χ4n) is 4.20. The molecule has 0 radical (unpaired) electrons. The van der Waals surface area contributed by atoms with Crippen LogP contribution in [0.2, 0.25) is 0 Å². The van der Waals surface area contributed by atoms with Crippen molar-refractivity contribution in [2.24, 2.45) is 5.92 Å². The van der Waals surface area contributed by atoms with Crippen molar-refractivity contribution in [1.82, 2.24) is 5.32 Å². The number of rotatable bonds is 4. The highest BCUT2D eigenvalue weighted by molar-refractivity contribution is 6.12. The Morgan fingerprint density at radius 3 is 2.62 bits per heavy atom. The number of carbonyl (C=O) groups is 3. The minimum Gasteiger partial charge on any atom is -0.469 e. The van der Waals surface area contributed by atoms with E-state index in [9.17, 15) is 18.8 Å². The average Bonchev–Trinajstić information content (AvgIpc) is 3.22. The van der Waals surface area contributed by atoms with Crippen molar-refractivity contribution in [1.29, 1.82) is 0 Å². The fraction of sp³-hybridized carbons (Fsp3) is 0.318. The van der Waals surface area contributed by atoms with E-state index in [1.54, 1.807) is 31.2 Å². The standard InChI is InChI=1S/C22H20FNO5/c1-2-28-22(27)20-15(17-4-3-9-29-17)10-16-19(21(20)26)14(11-18(25)24-16)12-5-7-13(23)8-6-12/h3-9,14-15,20H,2,10-11H2,1H3,(H,24,25)/t14-,15-,20-/m0/s1. The Morgan fingerprint density at radius 2 is 1.97 bits per heavy atom. The van der Waals surface area contributed by atoms with Gasteiger partial charge in [0, 0.05) is 29.5 Å². The molecular weight excluding hydrogens is 377 g/mol. The van der Waals surface area contributed by atoms with Crippen molar-refractivity contribution in [3.63, 3.8) is 0 Å². The van der Waals surface area contributed by atoms with Crippen LogP contribution in [0.3, 0.4) is 0 Å². The molecule has 150 valence electrons. The third-order valence-corrected chi connectivity index (χ3v) is 5.45. The van der Waals surface area contributed by atoms with Gasteiger partial charge in [0.25, 0.3) is 0 Å². The third kappa shape index (κ3) is 3.48. The molecule has 1 aliphatic heterocycles. The zero-order valence-electron chi connectivity index (χ0n) is 15.8. The smallest absolute Gasteiger partial charge is 0.317 e. The van der Waals surface area contributed by atoms with Gasteiger partial charge in [-0.2, -0.15) is 0 Å². The van der Waals surface area contributed by atoms with Crippen LogP contribution in [0.25, 0.3) is 0 Å². The average molecular weight is 397 g/mol. The summed E-state index contributed by atoms with van der Waals surface area (Å²) in [7, 11) is 0. The van der Waals surface area contributed by atoms with Gasteiger partial charge in [-0.05, 0) is 43.2 Å². The molecule has 0 saturated heterocycles. The Hall–Kier alpha value is -3.22. The molecule has 2 aliphatic rings. The van der Waals surface area contributed by atoms with Gasteiger partial charge < -0.3 is 14.5 Å². The highest BCUT2D eigenvalue weighted by Crippen LogP contribution is 2.45. The summed E-state index contributed by atoms with van der Waals surface area (Å²) in [5.41, 5.74) is 1.53. The molecular formula is C22H20FNO5. The third-order valence-electron chi connectivity index (χ3n) is 5.45. The summed E-state index contributed by atoms with van der Waals surface area (Å²) in [5, 5.41) is 2.80. The molecule has 1 amide bonds. The summed E-state index contributed by atoms with van der Waals surface area (Å²) in [4.78, 5) is 38.6. The Bertz CT molecular complexity index is 977. The molecule has 0 spiro atoms. The summed E-state index contributed by atoms with van der Waals surface area (Å²) in [6.07, 6.45) is 1.80. The first-order chi connectivity index (χ1) is 14.0. The van der Waals surface area contributed by atoms with Crippen LogP contribution in [0.1, 0.15) is 42.9 Å². The van der Waals surface area contributed by atoms with E-state index >= 15 is 0 Å². The first-order valence-electron chi connectivity index (χ1n) is 9.52. The fourth-order valence-corrected chi connectivity index (χ4v) is 4.20. The van der Waals surface area contributed by atoms with E-state index in [1.165, 1.54) is 18.4 Å². The maximum Gasteiger partial charge on any atom is 0.317 e. The second-order valence-electron chi connectivity index (χ2n) is 7.17. The lowest BCUT2D eigenvalue weighted by atomic mass is 9.69. The lowest BCUT2D eigenvalue weighted by Crippen LogP contribution is -2.44. The number of esters is 1. The zero-order chi connectivity index (χ0) is 20.5. The normalized spacial score (nSPS) is 24.1. The molecule has 1 N–H and O–H groups in total. The zero-order valence-corrected chi connectivity index (χ0v) is 15.8. The lowest BCUT2D eigenvalue weighted by Gasteiger charge is -2.37. The Kier molecular flexibility index (Phi) is 5.05. The van der Waals surface area contributed by atoms with Gasteiger partial charge in [0.05, 0.1) is 12.9 Å². The molecule has 29 heavy (non-hydrogen) atoms. The number of hydrogen-bond acceptors (Lipinski definition) is 5. The number of Topliss-reactive ketones (excluding diaryl/α,β-unsaturated/α-hetero) is 1. The quantitative estimate of drug-likeness (QED) is 0.633. The van der Waals surface area contributed by atoms with Gasteiger partial charge >= 0.3 is 5.97 Å². The molecule has 0 unspecified atom stereocenters. The Morgan fingerprint density at radius 1 is 1.21 bits per heavy atom. The molecule has 2 heterocycles. The van der Waals surface area contributed by atoms with Gasteiger partial charge in [-0.25, -0.2) is 4.39 Å². The summed E-state index contributed by atoms with van der Waals surface area (Å²) in [5.74, 6) is -3.30. The van der Waals surface area contributed by atoms with Crippen molar-refractivity contribution in [2.75, 3.05) is 6.61 Å².